The van der Waals surface area contributed by atoms with E-state index in [1.54, 1.807) is 12.1 Å². The molecule has 0 radical (unpaired) electrons. The average Bonchev–Trinajstić information content (AvgIpc) is 3.20. The molecule has 1 aliphatic heterocycles. The Morgan fingerprint density at radius 3 is 2.70 bits per heavy atom. The third-order valence-electron chi connectivity index (χ3n) is 5.86. The number of rotatable bonds is 4. The van der Waals surface area contributed by atoms with E-state index in [2.05, 4.69) is 38.5 Å². The van der Waals surface area contributed by atoms with E-state index in [4.69, 9.17) is 4.98 Å². The van der Waals surface area contributed by atoms with Crippen LogP contribution >= 0.6 is 0 Å². The van der Waals surface area contributed by atoms with Gasteiger partial charge in [0.2, 0.25) is 0 Å². The average molecular weight is 401 g/mol. The highest BCUT2D eigenvalue weighted by Crippen LogP contribution is 2.27. The quantitative estimate of drug-likeness (QED) is 0.518. The number of fused-ring (bicyclic) bond motifs is 1. The van der Waals surface area contributed by atoms with E-state index < -0.39 is 0 Å². The number of imidazole rings is 1. The first-order chi connectivity index (χ1) is 14.7. The predicted molar refractivity (Wildman–Crippen MR) is 115 cm³/mol. The predicted octanol–water partition coefficient (Wildman–Crippen LogP) is 4.02. The second-order valence-corrected chi connectivity index (χ2v) is 7.90. The Balaban J connectivity index is 1.43. The molecule has 5 nitrogen and oxygen atoms in total. The lowest BCUT2D eigenvalue weighted by atomic mass is 10.1. The highest BCUT2D eigenvalue weighted by molar-refractivity contribution is 5.63. The number of hydrogen-bond donors (Lipinski definition) is 0. The molecule has 152 valence electrons. The Morgan fingerprint density at radius 1 is 1.03 bits per heavy atom. The monoisotopic (exact) mass is 401 g/mol. The van der Waals surface area contributed by atoms with Crippen LogP contribution in [0.3, 0.4) is 0 Å². The summed E-state index contributed by atoms with van der Waals surface area (Å²) in [5.41, 5.74) is 5.22. The molecule has 1 fully saturated rings. The second kappa shape index (κ2) is 7.97. The Labute approximate surface area is 175 Å². The number of hydrogen-bond acceptors (Lipinski definition) is 4. The first-order valence-corrected chi connectivity index (χ1v) is 10.2. The van der Waals surface area contributed by atoms with Gasteiger partial charge in [0.1, 0.15) is 11.5 Å². The lowest BCUT2D eigenvalue weighted by molar-refractivity contribution is 0.0885. The van der Waals surface area contributed by atoms with E-state index in [1.807, 2.05) is 42.7 Å². The molecule has 0 aliphatic carbocycles. The van der Waals surface area contributed by atoms with E-state index >= 15 is 0 Å². The molecule has 4 aromatic rings. The summed E-state index contributed by atoms with van der Waals surface area (Å²) in [5.74, 6) is -0.179. The van der Waals surface area contributed by atoms with Crippen LogP contribution in [-0.4, -0.2) is 50.9 Å². The van der Waals surface area contributed by atoms with Crippen molar-refractivity contribution in [2.75, 3.05) is 26.7 Å². The topological polar surface area (TPSA) is 36.7 Å². The van der Waals surface area contributed by atoms with E-state index in [1.165, 1.54) is 6.07 Å². The van der Waals surface area contributed by atoms with Gasteiger partial charge in [-0.2, -0.15) is 0 Å². The molecule has 5 rings (SSSR count). The van der Waals surface area contributed by atoms with Gasteiger partial charge in [0, 0.05) is 50.3 Å². The molecule has 0 amide bonds. The third kappa shape index (κ3) is 3.72. The van der Waals surface area contributed by atoms with Gasteiger partial charge in [-0.1, -0.05) is 18.2 Å². The molecule has 1 aromatic carbocycles. The fourth-order valence-electron chi connectivity index (χ4n) is 4.23. The Bertz CT molecular complexity index is 1160. The first-order valence-electron chi connectivity index (χ1n) is 10.2. The number of halogens is 1. The highest BCUT2D eigenvalue weighted by Gasteiger charge is 2.28. The zero-order valence-electron chi connectivity index (χ0n) is 16.9. The maximum Gasteiger partial charge on any atom is 0.137 e. The van der Waals surface area contributed by atoms with Crippen molar-refractivity contribution in [1.29, 1.82) is 0 Å². The summed E-state index contributed by atoms with van der Waals surface area (Å²) in [6, 6.07) is 17.3. The Kier molecular flexibility index (Phi) is 5.02. The summed E-state index contributed by atoms with van der Waals surface area (Å²) >= 11 is 0. The molecule has 0 spiro atoms. The van der Waals surface area contributed by atoms with Crippen LogP contribution < -0.4 is 0 Å². The van der Waals surface area contributed by atoms with Crippen molar-refractivity contribution in [1.82, 2.24) is 24.2 Å². The summed E-state index contributed by atoms with van der Waals surface area (Å²) in [6.07, 6.45) is 5.77. The van der Waals surface area contributed by atoms with Gasteiger partial charge in [-0.3, -0.25) is 19.2 Å². The van der Waals surface area contributed by atoms with Crippen LogP contribution in [0.1, 0.15) is 17.3 Å². The van der Waals surface area contributed by atoms with Crippen molar-refractivity contribution in [3.8, 4) is 11.3 Å². The van der Waals surface area contributed by atoms with Crippen molar-refractivity contribution in [3.63, 3.8) is 0 Å². The van der Waals surface area contributed by atoms with Gasteiger partial charge in [-0.25, -0.2) is 9.37 Å². The number of benzene rings is 1. The van der Waals surface area contributed by atoms with Crippen LogP contribution in [0.2, 0.25) is 0 Å². The van der Waals surface area contributed by atoms with Gasteiger partial charge < -0.3 is 0 Å². The third-order valence-corrected chi connectivity index (χ3v) is 5.86. The standard InChI is InChI=1S/C24H24FN5/c1-28-12-13-29(15-18-4-2-5-20(25)14-18)17-23(28)21-16-30-22(6-3-7-24(30)27-21)19-8-10-26-11-9-19/h2-11,14,16,23H,12-13,15,17H2,1H3. The minimum absolute atomic E-state index is 0.179. The number of piperazine rings is 1. The van der Waals surface area contributed by atoms with Crippen LogP contribution in [0.4, 0.5) is 4.39 Å². The molecule has 1 saturated heterocycles. The van der Waals surface area contributed by atoms with Gasteiger partial charge in [0.05, 0.1) is 17.4 Å². The van der Waals surface area contributed by atoms with E-state index in [-0.39, 0.29) is 11.9 Å². The lowest BCUT2D eigenvalue weighted by Crippen LogP contribution is -2.46. The second-order valence-electron chi connectivity index (χ2n) is 7.90. The van der Waals surface area contributed by atoms with Crippen LogP contribution in [0.15, 0.2) is 73.2 Å². The van der Waals surface area contributed by atoms with Crippen molar-refractivity contribution >= 4 is 5.65 Å². The maximum absolute atomic E-state index is 13.6. The Hall–Kier alpha value is -3.09. The van der Waals surface area contributed by atoms with Gasteiger partial charge >= 0.3 is 0 Å². The summed E-state index contributed by atoms with van der Waals surface area (Å²) in [7, 11) is 2.15. The molecular weight excluding hydrogens is 377 g/mol. The smallest absolute Gasteiger partial charge is 0.137 e. The molecule has 30 heavy (non-hydrogen) atoms. The van der Waals surface area contributed by atoms with Crippen LogP contribution in [-0.2, 0) is 6.54 Å². The normalized spacial score (nSPS) is 18.1. The first kappa shape index (κ1) is 18.9. The molecule has 1 aliphatic rings. The zero-order valence-corrected chi connectivity index (χ0v) is 16.9. The fraction of sp³-hybridized carbons (Fsp3) is 0.250. The van der Waals surface area contributed by atoms with Crippen LogP contribution in [0.5, 0.6) is 0 Å². The highest BCUT2D eigenvalue weighted by atomic mass is 19.1. The molecule has 0 bridgehead atoms. The lowest BCUT2D eigenvalue weighted by Gasteiger charge is -2.38. The van der Waals surface area contributed by atoms with Gasteiger partial charge in [-0.05, 0) is 49.0 Å². The van der Waals surface area contributed by atoms with E-state index in [0.29, 0.717) is 0 Å². The van der Waals surface area contributed by atoms with Gasteiger partial charge in [0.15, 0.2) is 0 Å². The molecule has 0 N–H and O–H groups in total. The minimum atomic E-state index is -0.179. The van der Waals surface area contributed by atoms with Crippen molar-refractivity contribution < 1.29 is 4.39 Å². The van der Waals surface area contributed by atoms with Crippen molar-refractivity contribution in [3.05, 3.63) is 90.3 Å². The van der Waals surface area contributed by atoms with Crippen LogP contribution in [0, 0.1) is 5.82 Å². The molecular formula is C24H24FN5. The maximum atomic E-state index is 13.6. The number of aromatic nitrogens is 3. The molecule has 4 heterocycles. The molecule has 3 aromatic heterocycles. The summed E-state index contributed by atoms with van der Waals surface area (Å²) in [6.45, 7) is 3.52. The number of pyridine rings is 2. The Morgan fingerprint density at radius 2 is 1.87 bits per heavy atom. The molecule has 6 heteroatoms. The summed E-state index contributed by atoms with van der Waals surface area (Å²) < 4.78 is 15.7. The largest absolute Gasteiger partial charge is 0.299 e. The number of likely N-dealkylation sites (N-methyl/N-ethyl adjacent to an activating group) is 1. The number of nitrogens with zero attached hydrogens (tertiary/aromatic N) is 5. The zero-order chi connectivity index (χ0) is 20.5. The summed E-state index contributed by atoms with van der Waals surface area (Å²) in [4.78, 5) is 13.8. The van der Waals surface area contributed by atoms with Crippen molar-refractivity contribution in [2.24, 2.45) is 0 Å². The molecule has 1 atom stereocenters. The van der Waals surface area contributed by atoms with Gasteiger partial charge in [0.25, 0.3) is 0 Å². The van der Waals surface area contributed by atoms with Crippen LogP contribution in [0.25, 0.3) is 16.9 Å². The van der Waals surface area contributed by atoms with E-state index in [0.717, 1.165) is 54.3 Å². The fourth-order valence-corrected chi connectivity index (χ4v) is 4.23. The minimum Gasteiger partial charge on any atom is -0.299 e. The van der Waals surface area contributed by atoms with E-state index in [9.17, 15) is 4.39 Å². The molecule has 1 unspecified atom stereocenters. The van der Waals surface area contributed by atoms with Gasteiger partial charge in [-0.15, -0.1) is 0 Å². The van der Waals surface area contributed by atoms with Crippen molar-refractivity contribution in [2.45, 2.75) is 12.6 Å². The molecule has 0 saturated carbocycles. The SMILES string of the molecule is CN1CCN(Cc2cccc(F)c2)CC1c1cn2c(-c3ccncc3)cccc2n1. The summed E-state index contributed by atoms with van der Waals surface area (Å²) in [5, 5.41) is 0.